The molecule has 0 amide bonds. The summed E-state index contributed by atoms with van der Waals surface area (Å²) in [6, 6.07) is 0.810. The molecule has 2 aliphatic rings. The van der Waals surface area contributed by atoms with Crippen molar-refractivity contribution in [3.63, 3.8) is 0 Å². The highest BCUT2D eigenvalue weighted by Crippen LogP contribution is 2.36. The van der Waals surface area contributed by atoms with Gasteiger partial charge in [0.2, 0.25) is 0 Å². The molecular weight excluding hydrogens is 258 g/mol. The molecule has 0 aromatic heterocycles. The Labute approximate surface area is 132 Å². The van der Waals surface area contributed by atoms with Crippen LogP contribution in [0.1, 0.15) is 58.3 Å². The molecule has 1 aliphatic carbocycles. The van der Waals surface area contributed by atoms with Crippen LogP contribution in [0, 0.1) is 5.41 Å². The highest BCUT2D eigenvalue weighted by molar-refractivity contribution is 4.88. The van der Waals surface area contributed by atoms with E-state index in [1.807, 2.05) is 0 Å². The smallest absolute Gasteiger partial charge is 0.0117 e. The first-order chi connectivity index (χ1) is 10.2. The normalized spacial score (nSPS) is 25.1. The summed E-state index contributed by atoms with van der Waals surface area (Å²) in [5.41, 5.74) is 0.530. The second-order valence-corrected chi connectivity index (χ2v) is 7.53. The molecule has 1 saturated heterocycles. The predicted molar refractivity (Wildman–Crippen MR) is 91.8 cm³/mol. The van der Waals surface area contributed by atoms with Gasteiger partial charge < -0.3 is 15.1 Å². The maximum atomic E-state index is 3.50. The fraction of sp³-hybridized carbons (Fsp3) is 1.00. The SMILES string of the molecule is CCN1CCC(N(C)CC2(CNC)CCCCCC2)CC1. The van der Waals surface area contributed by atoms with E-state index in [0.717, 1.165) is 6.04 Å². The van der Waals surface area contributed by atoms with E-state index in [4.69, 9.17) is 0 Å². The van der Waals surface area contributed by atoms with E-state index >= 15 is 0 Å². The highest BCUT2D eigenvalue weighted by Gasteiger charge is 2.33. The lowest BCUT2D eigenvalue weighted by atomic mass is 9.79. The lowest BCUT2D eigenvalue weighted by molar-refractivity contribution is 0.0781. The van der Waals surface area contributed by atoms with Crippen LogP contribution in [-0.2, 0) is 0 Å². The molecule has 3 nitrogen and oxygen atoms in total. The lowest BCUT2D eigenvalue weighted by Gasteiger charge is -2.42. The summed E-state index contributed by atoms with van der Waals surface area (Å²) >= 11 is 0. The first-order valence-electron chi connectivity index (χ1n) is 9.26. The monoisotopic (exact) mass is 295 g/mol. The van der Waals surface area contributed by atoms with Gasteiger partial charge in [0.05, 0.1) is 0 Å². The Morgan fingerprint density at radius 2 is 1.71 bits per heavy atom. The number of rotatable bonds is 6. The van der Waals surface area contributed by atoms with E-state index in [-0.39, 0.29) is 0 Å². The first kappa shape index (κ1) is 17.2. The average molecular weight is 296 g/mol. The molecule has 1 saturated carbocycles. The van der Waals surface area contributed by atoms with Crippen molar-refractivity contribution in [3.8, 4) is 0 Å². The van der Waals surface area contributed by atoms with Crippen LogP contribution >= 0.6 is 0 Å². The van der Waals surface area contributed by atoms with Crippen LogP contribution in [0.3, 0.4) is 0 Å². The molecule has 21 heavy (non-hydrogen) atoms. The van der Waals surface area contributed by atoms with Crippen LogP contribution in [0.5, 0.6) is 0 Å². The van der Waals surface area contributed by atoms with Crippen molar-refractivity contribution in [1.82, 2.24) is 15.1 Å². The topological polar surface area (TPSA) is 18.5 Å². The Morgan fingerprint density at radius 3 is 2.24 bits per heavy atom. The van der Waals surface area contributed by atoms with Crippen LogP contribution in [0.4, 0.5) is 0 Å². The van der Waals surface area contributed by atoms with Gasteiger partial charge in [-0.2, -0.15) is 0 Å². The van der Waals surface area contributed by atoms with Gasteiger partial charge in [-0.3, -0.25) is 0 Å². The van der Waals surface area contributed by atoms with Crippen molar-refractivity contribution in [2.24, 2.45) is 5.41 Å². The fourth-order valence-electron chi connectivity index (χ4n) is 4.58. The molecule has 0 bridgehead atoms. The molecule has 0 unspecified atom stereocenters. The van der Waals surface area contributed by atoms with Gasteiger partial charge in [0, 0.05) is 19.1 Å². The summed E-state index contributed by atoms with van der Waals surface area (Å²) in [7, 11) is 4.51. The van der Waals surface area contributed by atoms with Gasteiger partial charge >= 0.3 is 0 Å². The van der Waals surface area contributed by atoms with Crippen LogP contribution in [0.25, 0.3) is 0 Å². The van der Waals surface area contributed by atoms with Gasteiger partial charge in [0.25, 0.3) is 0 Å². The van der Waals surface area contributed by atoms with E-state index in [0.29, 0.717) is 5.41 Å². The van der Waals surface area contributed by atoms with Gasteiger partial charge in [-0.1, -0.05) is 32.6 Å². The zero-order valence-electron chi connectivity index (χ0n) is 14.7. The van der Waals surface area contributed by atoms with E-state index in [1.54, 1.807) is 0 Å². The number of nitrogens with zero attached hydrogens (tertiary/aromatic N) is 2. The third-order valence-electron chi connectivity index (χ3n) is 5.93. The second-order valence-electron chi connectivity index (χ2n) is 7.53. The van der Waals surface area contributed by atoms with Crippen LogP contribution in [0.2, 0.25) is 0 Å². The average Bonchev–Trinajstić information content (AvgIpc) is 2.73. The Hall–Kier alpha value is -0.120. The van der Waals surface area contributed by atoms with E-state index in [2.05, 4.69) is 36.1 Å². The lowest BCUT2D eigenvalue weighted by Crippen LogP contribution is -2.49. The van der Waals surface area contributed by atoms with Gasteiger partial charge in [0.1, 0.15) is 0 Å². The van der Waals surface area contributed by atoms with Crippen LogP contribution in [-0.4, -0.2) is 62.7 Å². The molecule has 0 aromatic carbocycles. The van der Waals surface area contributed by atoms with E-state index in [9.17, 15) is 0 Å². The Balaban J connectivity index is 1.90. The predicted octanol–water partition coefficient (Wildman–Crippen LogP) is 2.96. The number of hydrogen-bond acceptors (Lipinski definition) is 3. The van der Waals surface area contributed by atoms with Gasteiger partial charge in [-0.15, -0.1) is 0 Å². The molecule has 1 heterocycles. The van der Waals surface area contributed by atoms with Gasteiger partial charge in [-0.25, -0.2) is 0 Å². The molecule has 1 aliphatic heterocycles. The largest absolute Gasteiger partial charge is 0.319 e. The fourth-order valence-corrected chi connectivity index (χ4v) is 4.58. The molecule has 2 fully saturated rings. The second kappa shape index (κ2) is 8.50. The van der Waals surface area contributed by atoms with Crippen LogP contribution in [0.15, 0.2) is 0 Å². The highest BCUT2D eigenvalue weighted by atomic mass is 15.2. The van der Waals surface area contributed by atoms with Crippen molar-refractivity contribution in [1.29, 1.82) is 0 Å². The zero-order valence-corrected chi connectivity index (χ0v) is 14.7. The van der Waals surface area contributed by atoms with E-state index in [1.165, 1.54) is 84.1 Å². The summed E-state index contributed by atoms with van der Waals surface area (Å²) in [4.78, 5) is 5.30. The molecule has 2 rings (SSSR count). The van der Waals surface area contributed by atoms with Crippen molar-refractivity contribution in [3.05, 3.63) is 0 Å². The maximum absolute atomic E-state index is 3.50. The number of hydrogen-bond donors (Lipinski definition) is 1. The molecule has 0 aromatic rings. The first-order valence-corrected chi connectivity index (χ1v) is 9.26. The van der Waals surface area contributed by atoms with Crippen molar-refractivity contribution >= 4 is 0 Å². The third-order valence-corrected chi connectivity index (χ3v) is 5.93. The molecule has 1 N–H and O–H groups in total. The van der Waals surface area contributed by atoms with Gasteiger partial charge in [0.15, 0.2) is 0 Å². The number of likely N-dealkylation sites (tertiary alicyclic amines) is 1. The minimum absolute atomic E-state index is 0.530. The number of nitrogens with one attached hydrogen (secondary N) is 1. The quantitative estimate of drug-likeness (QED) is 0.760. The van der Waals surface area contributed by atoms with Crippen molar-refractivity contribution in [2.45, 2.75) is 64.3 Å². The summed E-state index contributed by atoms with van der Waals surface area (Å²) in [5.74, 6) is 0. The summed E-state index contributed by atoms with van der Waals surface area (Å²) < 4.78 is 0. The maximum Gasteiger partial charge on any atom is 0.0117 e. The summed E-state index contributed by atoms with van der Waals surface area (Å²) in [5, 5.41) is 3.50. The Bertz CT molecular complexity index is 276. The summed E-state index contributed by atoms with van der Waals surface area (Å²) in [6.45, 7) is 8.60. The number of piperidine rings is 1. The summed E-state index contributed by atoms with van der Waals surface area (Å²) in [6.07, 6.45) is 11.3. The molecule has 0 spiro atoms. The molecule has 124 valence electrons. The standard InChI is InChI=1S/C18H37N3/c1-4-21-13-9-17(10-14-21)20(3)16-18(15-19-2)11-7-5-6-8-12-18/h17,19H,4-16H2,1-3H3. The molecule has 0 radical (unpaired) electrons. The minimum atomic E-state index is 0.530. The van der Waals surface area contributed by atoms with Gasteiger partial charge in [-0.05, 0) is 64.8 Å². The molecule has 0 atom stereocenters. The van der Waals surface area contributed by atoms with Crippen LogP contribution < -0.4 is 5.32 Å². The van der Waals surface area contributed by atoms with Crippen molar-refractivity contribution in [2.75, 3.05) is 46.8 Å². The third kappa shape index (κ3) is 4.94. The minimum Gasteiger partial charge on any atom is -0.319 e. The molecular formula is C18H37N3. The Morgan fingerprint density at radius 1 is 1.10 bits per heavy atom. The van der Waals surface area contributed by atoms with Crippen molar-refractivity contribution < 1.29 is 0 Å². The Kier molecular flexibility index (Phi) is 6.97. The zero-order chi connectivity index (χ0) is 15.1. The van der Waals surface area contributed by atoms with E-state index < -0.39 is 0 Å². The molecule has 3 heteroatoms.